The van der Waals surface area contributed by atoms with Crippen molar-refractivity contribution < 1.29 is 27.9 Å². The third-order valence-corrected chi connectivity index (χ3v) is 5.66. The van der Waals surface area contributed by atoms with Crippen LogP contribution in [0.3, 0.4) is 0 Å². The Kier molecular flexibility index (Phi) is 6.34. The van der Waals surface area contributed by atoms with Crippen LogP contribution in [0.15, 0.2) is 48.5 Å². The Labute approximate surface area is 184 Å². The first kappa shape index (κ1) is 21.7. The second-order valence-corrected chi connectivity index (χ2v) is 7.86. The Morgan fingerprint density at radius 2 is 1.62 bits per heavy atom. The average molecular weight is 443 g/mol. The van der Waals surface area contributed by atoms with E-state index in [9.17, 15) is 23.2 Å². The molecule has 3 amide bonds. The summed E-state index contributed by atoms with van der Waals surface area (Å²) in [6, 6.07) is 10.4. The van der Waals surface area contributed by atoms with Gasteiger partial charge in [0, 0.05) is 19.6 Å². The number of benzene rings is 2. The SMILES string of the molecule is O=C(COc1ccc(F)cc1)N1CCCN2C(=O)CN(Cc3ccc(F)cc3)C(=O)C2C1. The van der Waals surface area contributed by atoms with Gasteiger partial charge in [-0.1, -0.05) is 12.1 Å². The smallest absolute Gasteiger partial charge is 0.260 e. The van der Waals surface area contributed by atoms with Crippen molar-refractivity contribution in [3.8, 4) is 5.75 Å². The fourth-order valence-corrected chi connectivity index (χ4v) is 3.98. The molecule has 1 unspecified atom stereocenters. The summed E-state index contributed by atoms with van der Waals surface area (Å²) in [6.07, 6.45) is 0.551. The van der Waals surface area contributed by atoms with E-state index in [0.717, 1.165) is 5.56 Å². The first-order valence-electron chi connectivity index (χ1n) is 10.4. The minimum atomic E-state index is -0.769. The van der Waals surface area contributed by atoms with E-state index in [2.05, 4.69) is 0 Å². The van der Waals surface area contributed by atoms with Crippen molar-refractivity contribution in [2.24, 2.45) is 0 Å². The maximum absolute atomic E-state index is 13.2. The third kappa shape index (κ3) is 4.87. The number of piperazine rings is 1. The van der Waals surface area contributed by atoms with Crippen LogP contribution in [-0.4, -0.2) is 71.2 Å². The number of nitrogens with zero attached hydrogens (tertiary/aromatic N) is 3. The van der Waals surface area contributed by atoms with Crippen LogP contribution in [-0.2, 0) is 20.9 Å². The monoisotopic (exact) mass is 443 g/mol. The van der Waals surface area contributed by atoms with Crippen LogP contribution in [0.4, 0.5) is 8.78 Å². The van der Waals surface area contributed by atoms with Gasteiger partial charge < -0.3 is 19.4 Å². The largest absolute Gasteiger partial charge is 0.484 e. The van der Waals surface area contributed by atoms with Gasteiger partial charge in [0.1, 0.15) is 30.0 Å². The van der Waals surface area contributed by atoms with Crippen molar-refractivity contribution >= 4 is 17.7 Å². The molecule has 0 saturated carbocycles. The van der Waals surface area contributed by atoms with E-state index < -0.39 is 11.9 Å². The first-order chi connectivity index (χ1) is 15.4. The van der Waals surface area contributed by atoms with E-state index in [1.54, 1.807) is 12.1 Å². The van der Waals surface area contributed by atoms with Gasteiger partial charge in [-0.05, 0) is 48.4 Å². The fraction of sp³-hybridized carbons (Fsp3) is 0.348. The summed E-state index contributed by atoms with van der Waals surface area (Å²) in [4.78, 5) is 43.1. The summed E-state index contributed by atoms with van der Waals surface area (Å²) < 4.78 is 31.6. The number of fused-ring (bicyclic) bond motifs is 1. The van der Waals surface area contributed by atoms with E-state index in [-0.39, 0.29) is 49.8 Å². The van der Waals surface area contributed by atoms with Crippen molar-refractivity contribution in [1.29, 1.82) is 0 Å². The fourth-order valence-electron chi connectivity index (χ4n) is 3.98. The predicted octanol–water partition coefficient (Wildman–Crippen LogP) is 1.82. The minimum Gasteiger partial charge on any atom is -0.484 e. The van der Waals surface area contributed by atoms with Crippen LogP contribution in [0.1, 0.15) is 12.0 Å². The molecule has 0 radical (unpaired) electrons. The van der Waals surface area contributed by atoms with Crippen molar-refractivity contribution in [2.75, 3.05) is 32.8 Å². The molecule has 2 aliphatic heterocycles. The van der Waals surface area contributed by atoms with Gasteiger partial charge in [0.15, 0.2) is 6.61 Å². The third-order valence-electron chi connectivity index (χ3n) is 5.66. The Hall–Kier alpha value is -3.49. The predicted molar refractivity (Wildman–Crippen MR) is 110 cm³/mol. The molecule has 0 N–H and O–H groups in total. The van der Waals surface area contributed by atoms with Crippen LogP contribution in [0.2, 0.25) is 0 Å². The average Bonchev–Trinajstić information content (AvgIpc) is 3.02. The van der Waals surface area contributed by atoms with E-state index in [1.165, 1.54) is 51.1 Å². The Bertz CT molecular complexity index is 997. The molecule has 168 valence electrons. The molecule has 4 rings (SSSR count). The molecule has 32 heavy (non-hydrogen) atoms. The van der Waals surface area contributed by atoms with Gasteiger partial charge in [-0.2, -0.15) is 0 Å². The minimum absolute atomic E-state index is 0.0473. The molecule has 1 atom stereocenters. The number of halogens is 2. The molecule has 0 aromatic heterocycles. The van der Waals surface area contributed by atoms with Crippen molar-refractivity contribution in [1.82, 2.24) is 14.7 Å². The summed E-state index contributed by atoms with van der Waals surface area (Å²) in [5, 5.41) is 0. The van der Waals surface area contributed by atoms with Gasteiger partial charge in [0.2, 0.25) is 11.8 Å². The molecule has 7 nitrogen and oxygen atoms in total. The van der Waals surface area contributed by atoms with Crippen LogP contribution >= 0.6 is 0 Å². The zero-order valence-corrected chi connectivity index (χ0v) is 17.4. The van der Waals surface area contributed by atoms with E-state index in [4.69, 9.17) is 4.74 Å². The normalized spacial score (nSPS) is 18.9. The summed E-state index contributed by atoms with van der Waals surface area (Å²) >= 11 is 0. The van der Waals surface area contributed by atoms with E-state index in [0.29, 0.717) is 25.3 Å². The molecular weight excluding hydrogens is 420 g/mol. The van der Waals surface area contributed by atoms with Crippen LogP contribution in [0, 0.1) is 11.6 Å². The summed E-state index contributed by atoms with van der Waals surface area (Å²) in [5.41, 5.74) is 0.718. The number of ether oxygens (including phenoxy) is 1. The van der Waals surface area contributed by atoms with Crippen molar-refractivity contribution in [3.05, 3.63) is 65.7 Å². The van der Waals surface area contributed by atoms with Crippen LogP contribution < -0.4 is 4.74 Å². The molecule has 0 spiro atoms. The lowest BCUT2D eigenvalue weighted by Crippen LogP contribution is -2.61. The number of rotatable bonds is 5. The van der Waals surface area contributed by atoms with Crippen LogP contribution in [0.5, 0.6) is 5.75 Å². The highest BCUT2D eigenvalue weighted by atomic mass is 19.1. The van der Waals surface area contributed by atoms with Gasteiger partial charge in [-0.25, -0.2) is 8.78 Å². The van der Waals surface area contributed by atoms with Gasteiger partial charge in [0.25, 0.3) is 5.91 Å². The highest BCUT2D eigenvalue weighted by Gasteiger charge is 2.42. The maximum atomic E-state index is 13.2. The summed E-state index contributed by atoms with van der Waals surface area (Å²) in [7, 11) is 0. The highest BCUT2D eigenvalue weighted by molar-refractivity contribution is 5.95. The Balaban J connectivity index is 1.42. The van der Waals surface area contributed by atoms with Gasteiger partial charge in [-0.15, -0.1) is 0 Å². The van der Waals surface area contributed by atoms with Crippen molar-refractivity contribution in [2.45, 2.75) is 19.0 Å². The second kappa shape index (κ2) is 9.33. The quantitative estimate of drug-likeness (QED) is 0.707. The Morgan fingerprint density at radius 3 is 2.31 bits per heavy atom. The van der Waals surface area contributed by atoms with Crippen LogP contribution in [0.25, 0.3) is 0 Å². The summed E-state index contributed by atoms with van der Waals surface area (Å²) in [5.74, 6) is -1.14. The van der Waals surface area contributed by atoms with Gasteiger partial charge in [0.05, 0.1) is 6.54 Å². The first-order valence-corrected chi connectivity index (χ1v) is 10.4. The zero-order valence-electron chi connectivity index (χ0n) is 17.4. The van der Waals surface area contributed by atoms with E-state index >= 15 is 0 Å². The highest BCUT2D eigenvalue weighted by Crippen LogP contribution is 2.20. The van der Waals surface area contributed by atoms with E-state index in [1.807, 2.05) is 0 Å². The van der Waals surface area contributed by atoms with Crippen molar-refractivity contribution in [3.63, 3.8) is 0 Å². The molecule has 0 aliphatic carbocycles. The van der Waals surface area contributed by atoms with Gasteiger partial charge >= 0.3 is 0 Å². The number of amides is 3. The lowest BCUT2D eigenvalue weighted by Gasteiger charge is -2.40. The molecule has 2 aliphatic rings. The number of hydrogen-bond acceptors (Lipinski definition) is 4. The molecule has 2 aromatic rings. The Morgan fingerprint density at radius 1 is 0.969 bits per heavy atom. The molecule has 0 bridgehead atoms. The molecule has 2 fully saturated rings. The molecular formula is C23H23F2N3O4. The lowest BCUT2D eigenvalue weighted by molar-refractivity contribution is -0.157. The standard InChI is InChI=1S/C23H23F2N3O4/c24-17-4-2-16(3-5-17)12-27-14-21(29)28-11-1-10-26(13-20(28)23(27)31)22(30)15-32-19-8-6-18(25)7-9-19/h2-9,20H,1,10-15H2. The molecule has 2 saturated heterocycles. The molecule has 2 heterocycles. The number of carbonyl (C=O) groups is 3. The zero-order chi connectivity index (χ0) is 22.7. The number of carbonyl (C=O) groups excluding carboxylic acids is 3. The second-order valence-electron chi connectivity index (χ2n) is 7.86. The summed E-state index contributed by atoms with van der Waals surface area (Å²) in [6.45, 7) is 0.764. The maximum Gasteiger partial charge on any atom is 0.260 e. The molecule has 9 heteroatoms. The topological polar surface area (TPSA) is 70.2 Å². The number of hydrogen-bond donors (Lipinski definition) is 0. The van der Waals surface area contributed by atoms with Gasteiger partial charge in [-0.3, -0.25) is 14.4 Å². The lowest BCUT2D eigenvalue weighted by atomic mass is 10.1. The molecule has 2 aromatic carbocycles.